The number of nitriles is 1. The highest BCUT2D eigenvalue weighted by atomic mass is 32.1. The quantitative estimate of drug-likeness (QED) is 0.775. The molecule has 2 aromatic heterocycles. The number of nitrogens with one attached hydrogen (secondary N) is 1. The normalized spacial score (nSPS) is 12.0. The van der Waals surface area contributed by atoms with Gasteiger partial charge in [0, 0.05) is 6.20 Å². The predicted octanol–water partition coefficient (Wildman–Crippen LogP) is 4.48. The molecule has 1 N–H and O–H groups in total. The highest BCUT2D eigenvalue weighted by Crippen LogP contribution is 2.26. The summed E-state index contributed by atoms with van der Waals surface area (Å²) in [6.07, 6.45) is 1.80. The Labute approximate surface area is 125 Å². The predicted molar refractivity (Wildman–Crippen MR) is 82.8 cm³/mol. The summed E-state index contributed by atoms with van der Waals surface area (Å²) < 4.78 is 15.0. The van der Waals surface area contributed by atoms with E-state index in [2.05, 4.69) is 16.4 Å². The second-order valence-electron chi connectivity index (χ2n) is 4.75. The molecule has 3 aromatic rings. The molecule has 0 aliphatic rings. The van der Waals surface area contributed by atoms with Crippen LogP contribution < -0.4 is 5.32 Å². The van der Waals surface area contributed by atoms with E-state index in [0.29, 0.717) is 11.3 Å². The van der Waals surface area contributed by atoms with Crippen LogP contribution in [0.3, 0.4) is 0 Å². The van der Waals surface area contributed by atoms with Crippen LogP contribution in [-0.2, 0) is 0 Å². The molecular weight excluding hydrogens is 285 g/mol. The minimum atomic E-state index is -0.425. The van der Waals surface area contributed by atoms with E-state index in [1.807, 2.05) is 24.4 Å². The third-order valence-electron chi connectivity index (χ3n) is 3.29. The number of aromatic nitrogens is 1. The van der Waals surface area contributed by atoms with Crippen LogP contribution in [0.1, 0.15) is 24.1 Å². The standard InChI is InChI=1S/C16H12FN3S/c1-10(12-7-16-15(19-9-12)4-5-21-16)20-14-3-2-11(8-18)6-13(14)17/h2-7,9-10,20H,1H3. The number of benzene rings is 1. The first-order valence-electron chi connectivity index (χ1n) is 6.46. The van der Waals surface area contributed by atoms with Crippen LogP contribution in [0.4, 0.5) is 10.1 Å². The van der Waals surface area contributed by atoms with Gasteiger partial charge in [-0.1, -0.05) is 0 Å². The fourth-order valence-electron chi connectivity index (χ4n) is 2.12. The first-order chi connectivity index (χ1) is 10.2. The van der Waals surface area contributed by atoms with Crippen molar-refractivity contribution in [2.24, 2.45) is 0 Å². The van der Waals surface area contributed by atoms with Crippen molar-refractivity contribution in [2.75, 3.05) is 5.32 Å². The second kappa shape index (κ2) is 5.51. The zero-order chi connectivity index (χ0) is 14.8. The average molecular weight is 297 g/mol. The van der Waals surface area contributed by atoms with Crippen LogP contribution in [0.15, 0.2) is 41.9 Å². The lowest BCUT2D eigenvalue weighted by Crippen LogP contribution is -2.08. The van der Waals surface area contributed by atoms with Gasteiger partial charge in [-0.05, 0) is 48.2 Å². The van der Waals surface area contributed by atoms with Crippen LogP contribution in [0, 0.1) is 17.1 Å². The molecule has 21 heavy (non-hydrogen) atoms. The molecule has 3 nitrogen and oxygen atoms in total. The fourth-order valence-corrected chi connectivity index (χ4v) is 2.91. The number of hydrogen-bond donors (Lipinski definition) is 1. The Morgan fingerprint density at radius 2 is 2.19 bits per heavy atom. The molecule has 5 heteroatoms. The van der Waals surface area contributed by atoms with E-state index in [1.165, 1.54) is 6.07 Å². The molecule has 0 aliphatic heterocycles. The van der Waals surface area contributed by atoms with Gasteiger partial charge in [-0.15, -0.1) is 11.3 Å². The molecular formula is C16H12FN3S. The van der Waals surface area contributed by atoms with Crippen LogP contribution in [0.5, 0.6) is 0 Å². The van der Waals surface area contributed by atoms with Crippen molar-refractivity contribution in [3.8, 4) is 6.07 Å². The van der Waals surface area contributed by atoms with E-state index in [9.17, 15) is 4.39 Å². The van der Waals surface area contributed by atoms with E-state index in [1.54, 1.807) is 29.7 Å². The van der Waals surface area contributed by atoms with Crippen molar-refractivity contribution in [1.82, 2.24) is 4.98 Å². The molecule has 3 rings (SSSR count). The summed E-state index contributed by atoms with van der Waals surface area (Å²) in [6, 6.07) is 10.3. The smallest absolute Gasteiger partial charge is 0.147 e. The number of halogens is 1. The highest BCUT2D eigenvalue weighted by molar-refractivity contribution is 7.17. The Morgan fingerprint density at radius 3 is 2.95 bits per heavy atom. The first kappa shape index (κ1) is 13.5. The third kappa shape index (κ3) is 2.71. The molecule has 104 valence electrons. The number of thiophene rings is 1. The maximum atomic E-state index is 13.9. The van der Waals surface area contributed by atoms with Gasteiger partial charge in [-0.25, -0.2) is 4.39 Å². The van der Waals surface area contributed by atoms with Crippen LogP contribution in [0.2, 0.25) is 0 Å². The summed E-state index contributed by atoms with van der Waals surface area (Å²) in [7, 11) is 0. The number of anilines is 1. The number of nitrogens with zero attached hydrogens (tertiary/aromatic N) is 2. The minimum Gasteiger partial charge on any atom is -0.376 e. The van der Waals surface area contributed by atoms with Gasteiger partial charge in [-0.3, -0.25) is 4.98 Å². The van der Waals surface area contributed by atoms with Crippen LogP contribution in [-0.4, -0.2) is 4.98 Å². The summed E-state index contributed by atoms with van der Waals surface area (Å²) in [5.41, 5.74) is 2.66. The second-order valence-corrected chi connectivity index (χ2v) is 5.69. The van der Waals surface area contributed by atoms with Gasteiger partial charge < -0.3 is 5.32 Å². The molecule has 0 saturated carbocycles. The molecule has 0 saturated heterocycles. The van der Waals surface area contributed by atoms with Crippen molar-refractivity contribution in [3.63, 3.8) is 0 Å². The third-order valence-corrected chi connectivity index (χ3v) is 4.15. The van der Waals surface area contributed by atoms with Crippen molar-refractivity contribution < 1.29 is 4.39 Å². The lowest BCUT2D eigenvalue weighted by molar-refractivity contribution is 0.627. The van der Waals surface area contributed by atoms with Gasteiger partial charge in [0.15, 0.2) is 0 Å². The molecule has 1 aromatic carbocycles. The Hall–Kier alpha value is -2.45. The Kier molecular flexibility index (Phi) is 3.55. The zero-order valence-corrected chi connectivity index (χ0v) is 12.1. The Balaban J connectivity index is 1.85. The topological polar surface area (TPSA) is 48.7 Å². The summed E-state index contributed by atoms with van der Waals surface area (Å²) in [4.78, 5) is 4.39. The van der Waals surface area contributed by atoms with Crippen molar-refractivity contribution in [2.45, 2.75) is 13.0 Å². The van der Waals surface area contributed by atoms with Crippen molar-refractivity contribution in [3.05, 3.63) is 58.9 Å². The van der Waals surface area contributed by atoms with Gasteiger partial charge in [0.05, 0.1) is 33.6 Å². The summed E-state index contributed by atoms with van der Waals surface area (Å²) >= 11 is 1.63. The first-order valence-corrected chi connectivity index (χ1v) is 7.34. The molecule has 0 spiro atoms. The Bertz CT molecular complexity index is 835. The van der Waals surface area contributed by atoms with Crippen LogP contribution in [0.25, 0.3) is 10.2 Å². The molecule has 0 fully saturated rings. The minimum absolute atomic E-state index is 0.0774. The van der Waals surface area contributed by atoms with E-state index < -0.39 is 5.82 Å². The summed E-state index contributed by atoms with van der Waals surface area (Å²) in [5, 5.41) is 13.9. The Morgan fingerprint density at radius 1 is 1.33 bits per heavy atom. The largest absolute Gasteiger partial charge is 0.376 e. The van der Waals surface area contributed by atoms with Gasteiger partial charge in [0.1, 0.15) is 5.82 Å². The molecule has 0 amide bonds. The molecule has 1 unspecified atom stereocenters. The van der Waals surface area contributed by atoms with Gasteiger partial charge >= 0.3 is 0 Å². The number of pyridine rings is 1. The number of rotatable bonds is 3. The monoisotopic (exact) mass is 297 g/mol. The highest BCUT2D eigenvalue weighted by Gasteiger charge is 2.10. The van der Waals surface area contributed by atoms with Gasteiger partial charge in [0.2, 0.25) is 0 Å². The molecule has 1 atom stereocenters. The van der Waals surface area contributed by atoms with E-state index in [0.717, 1.165) is 15.8 Å². The number of hydrogen-bond acceptors (Lipinski definition) is 4. The van der Waals surface area contributed by atoms with E-state index >= 15 is 0 Å². The van der Waals surface area contributed by atoms with Gasteiger partial charge in [-0.2, -0.15) is 5.26 Å². The lowest BCUT2D eigenvalue weighted by Gasteiger charge is -2.16. The number of fused-ring (bicyclic) bond motifs is 1. The molecule has 0 bridgehead atoms. The van der Waals surface area contributed by atoms with Crippen molar-refractivity contribution in [1.29, 1.82) is 5.26 Å². The SMILES string of the molecule is CC(Nc1ccc(C#N)cc1F)c1cnc2ccsc2c1. The van der Waals surface area contributed by atoms with Crippen molar-refractivity contribution >= 4 is 27.2 Å². The lowest BCUT2D eigenvalue weighted by atomic mass is 10.1. The molecule has 0 aliphatic carbocycles. The van der Waals surface area contributed by atoms with Crippen LogP contribution >= 0.6 is 11.3 Å². The average Bonchev–Trinajstić information content (AvgIpc) is 2.96. The maximum Gasteiger partial charge on any atom is 0.147 e. The van der Waals surface area contributed by atoms with E-state index in [4.69, 9.17) is 5.26 Å². The molecule has 0 radical (unpaired) electrons. The maximum absolute atomic E-state index is 13.9. The zero-order valence-electron chi connectivity index (χ0n) is 11.3. The van der Waals surface area contributed by atoms with E-state index in [-0.39, 0.29) is 6.04 Å². The summed E-state index contributed by atoms with van der Waals surface area (Å²) in [6.45, 7) is 1.95. The summed E-state index contributed by atoms with van der Waals surface area (Å²) in [5.74, 6) is -0.425. The van der Waals surface area contributed by atoms with Gasteiger partial charge in [0.25, 0.3) is 0 Å². The molecule has 2 heterocycles. The fraction of sp³-hybridized carbons (Fsp3) is 0.125.